The van der Waals surface area contributed by atoms with Crippen molar-refractivity contribution in [1.29, 1.82) is 0 Å². The number of halogens is 1. The van der Waals surface area contributed by atoms with Crippen LogP contribution in [0.1, 0.15) is 32.4 Å². The van der Waals surface area contributed by atoms with Crippen LogP contribution in [0.25, 0.3) is 5.57 Å². The summed E-state index contributed by atoms with van der Waals surface area (Å²) >= 11 is 0. The Morgan fingerprint density at radius 2 is 2.35 bits per heavy atom. The van der Waals surface area contributed by atoms with Crippen molar-refractivity contribution in [2.24, 2.45) is 0 Å². The summed E-state index contributed by atoms with van der Waals surface area (Å²) in [5.74, 6) is -0.300. The van der Waals surface area contributed by atoms with Crippen LogP contribution in [0.4, 0.5) is 4.39 Å². The predicted molar refractivity (Wildman–Crippen MR) is 79.5 cm³/mol. The average molecular weight is 268 g/mol. The van der Waals surface area contributed by atoms with Crippen LogP contribution in [0.15, 0.2) is 65.0 Å². The van der Waals surface area contributed by atoms with Gasteiger partial charge in [0, 0.05) is 17.8 Å². The molecule has 1 aliphatic carbocycles. The van der Waals surface area contributed by atoms with Gasteiger partial charge in [-0.25, -0.2) is 4.39 Å². The van der Waals surface area contributed by atoms with Gasteiger partial charge < -0.3 is 0 Å². The molecular formula is C17H17FN2. The molecule has 0 saturated carbocycles. The largest absolute Gasteiger partial charge is 0.278 e. The Morgan fingerprint density at radius 1 is 1.50 bits per heavy atom. The van der Waals surface area contributed by atoms with Gasteiger partial charge in [-0.2, -0.15) is 5.10 Å². The van der Waals surface area contributed by atoms with E-state index in [4.69, 9.17) is 0 Å². The highest BCUT2D eigenvalue weighted by atomic mass is 19.1. The molecule has 2 nitrogen and oxygen atoms in total. The second-order valence-corrected chi connectivity index (χ2v) is 4.55. The molecule has 0 saturated heterocycles. The molecular weight excluding hydrogens is 251 g/mol. The highest BCUT2D eigenvalue weighted by Gasteiger charge is 2.15. The van der Waals surface area contributed by atoms with E-state index in [1.54, 1.807) is 18.3 Å². The Balaban J connectivity index is 2.29. The number of aromatic nitrogens is 2. The first-order valence-corrected chi connectivity index (χ1v) is 6.69. The molecule has 1 aromatic heterocycles. The number of hydrogen-bond donors (Lipinski definition) is 1. The van der Waals surface area contributed by atoms with E-state index in [0.29, 0.717) is 16.8 Å². The second-order valence-electron chi connectivity index (χ2n) is 4.55. The lowest BCUT2D eigenvalue weighted by Crippen LogP contribution is -1.93. The smallest absolute Gasteiger partial charge is 0.149 e. The molecule has 0 aromatic carbocycles. The van der Waals surface area contributed by atoms with E-state index in [2.05, 4.69) is 34.7 Å². The molecule has 0 fully saturated rings. The van der Waals surface area contributed by atoms with Crippen molar-refractivity contribution < 1.29 is 4.39 Å². The molecule has 0 amide bonds. The van der Waals surface area contributed by atoms with Gasteiger partial charge in [0.15, 0.2) is 0 Å². The van der Waals surface area contributed by atoms with E-state index < -0.39 is 0 Å². The highest BCUT2D eigenvalue weighted by molar-refractivity contribution is 5.78. The summed E-state index contributed by atoms with van der Waals surface area (Å²) < 4.78 is 14.5. The van der Waals surface area contributed by atoms with Crippen molar-refractivity contribution in [1.82, 2.24) is 10.2 Å². The van der Waals surface area contributed by atoms with Gasteiger partial charge in [0.05, 0.1) is 11.3 Å². The zero-order valence-electron chi connectivity index (χ0n) is 11.7. The number of aromatic amines is 1. The van der Waals surface area contributed by atoms with Crippen LogP contribution in [0.3, 0.4) is 0 Å². The monoisotopic (exact) mass is 268 g/mol. The summed E-state index contributed by atoms with van der Waals surface area (Å²) in [5.41, 5.74) is 8.08. The molecule has 0 aliphatic heterocycles. The molecule has 3 heteroatoms. The summed E-state index contributed by atoms with van der Waals surface area (Å²) in [6, 6.07) is 1.73. The number of nitrogens with zero attached hydrogens (tertiary/aromatic N) is 1. The van der Waals surface area contributed by atoms with Crippen molar-refractivity contribution in [2.45, 2.75) is 26.7 Å². The molecule has 1 aliphatic rings. The van der Waals surface area contributed by atoms with Crippen molar-refractivity contribution in [3.8, 4) is 0 Å². The Hall–Kier alpha value is -2.34. The Bertz CT molecular complexity index is 660. The molecule has 1 aromatic rings. The fraction of sp³-hybridized carbons (Fsp3) is 0.235. The van der Waals surface area contributed by atoms with Gasteiger partial charge in [0.2, 0.25) is 0 Å². The van der Waals surface area contributed by atoms with Crippen molar-refractivity contribution in [2.75, 3.05) is 0 Å². The maximum Gasteiger partial charge on any atom is 0.149 e. The van der Waals surface area contributed by atoms with Crippen LogP contribution in [0, 0.1) is 0 Å². The van der Waals surface area contributed by atoms with Crippen molar-refractivity contribution in [3.63, 3.8) is 0 Å². The van der Waals surface area contributed by atoms with Crippen molar-refractivity contribution in [3.05, 3.63) is 70.7 Å². The van der Waals surface area contributed by atoms with Crippen molar-refractivity contribution >= 4 is 5.57 Å². The van der Waals surface area contributed by atoms with Gasteiger partial charge in [0.25, 0.3) is 0 Å². The zero-order valence-corrected chi connectivity index (χ0v) is 11.7. The number of hydrogen-bond acceptors (Lipinski definition) is 1. The molecule has 2 rings (SSSR count). The SMILES string of the molecule is CCC/C=C\C=C(C)C1=C=C=CC(c2ccn[nH]2)=C1F. The maximum atomic E-state index is 14.5. The molecule has 0 spiro atoms. The molecule has 20 heavy (non-hydrogen) atoms. The maximum absolute atomic E-state index is 14.5. The normalized spacial score (nSPS) is 15.3. The minimum atomic E-state index is -0.300. The number of rotatable bonds is 5. The van der Waals surface area contributed by atoms with E-state index in [9.17, 15) is 4.39 Å². The number of allylic oxidation sites excluding steroid dienone is 8. The quantitative estimate of drug-likeness (QED) is 0.611. The van der Waals surface area contributed by atoms with Crippen LogP contribution < -0.4 is 0 Å². The van der Waals surface area contributed by atoms with Gasteiger partial charge in [-0.3, -0.25) is 5.10 Å². The third-order valence-electron chi connectivity index (χ3n) is 2.99. The molecule has 0 bridgehead atoms. The Labute approximate surface area is 118 Å². The van der Waals surface area contributed by atoms with Crippen LogP contribution in [-0.2, 0) is 0 Å². The molecule has 0 atom stereocenters. The summed E-state index contributed by atoms with van der Waals surface area (Å²) in [4.78, 5) is 0. The van der Waals surface area contributed by atoms with E-state index in [1.165, 1.54) is 0 Å². The third kappa shape index (κ3) is 3.16. The first kappa shape index (κ1) is 14.1. The van der Waals surface area contributed by atoms with E-state index >= 15 is 0 Å². The molecule has 1 N–H and O–H groups in total. The standard InChI is InChI=1S/C17H17FN2/c1-3-4-5-6-8-13(2)14-9-7-10-15(17(14)18)16-11-12-19-20-16/h5-6,8,10-12H,3-4H2,1-2H3,(H,19,20)/b6-5-,13-8?. The van der Waals surface area contributed by atoms with Crippen LogP contribution >= 0.6 is 0 Å². The number of nitrogens with one attached hydrogen (secondary N) is 1. The summed E-state index contributed by atoms with van der Waals surface area (Å²) in [5, 5.41) is 6.61. The van der Waals surface area contributed by atoms with Crippen LogP contribution in [0.2, 0.25) is 0 Å². The lowest BCUT2D eigenvalue weighted by atomic mass is 9.99. The minimum absolute atomic E-state index is 0.300. The van der Waals surface area contributed by atoms with Crippen LogP contribution in [0.5, 0.6) is 0 Å². The first-order chi connectivity index (χ1) is 9.74. The zero-order chi connectivity index (χ0) is 14.4. The molecule has 0 radical (unpaired) electrons. The van der Waals surface area contributed by atoms with Crippen LogP contribution in [-0.4, -0.2) is 10.2 Å². The fourth-order valence-corrected chi connectivity index (χ4v) is 1.87. The molecule has 0 unspecified atom stereocenters. The number of unbranched alkanes of at least 4 members (excludes halogenated alkanes) is 1. The lowest BCUT2D eigenvalue weighted by molar-refractivity contribution is 0.657. The van der Waals surface area contributed by atoms with E-state index in [0.717, 1.165) is 18.4 Å². The average Bonchev–Trinajstić information content (AvgIpc) is 2.97. The summed E-state index contributed by atoms with van der Waals surface area (Å²) in [6.45, 7) is 3.99. The minimum Gasteiger partial charge on any atom is -0.278 e. The highest BCUT2D eigenvalue weighted by Crippen LogP contribution is 2.30. The topological polar surface area (TPSA) is 28.7 Å². The molecule has 1 heterocycles. The summed E-state index contributed by atoms with van der Waals surface area (Å²) in [6.07, 6.45) is 11.2. The van der Waals surface area contributed by atoms with Gasteiger partial charge in [0.1, 0.15) is 5.83 Å². The summed E-state index contributed by atoms with van der Waals surface area (Å²) in [7, 11) is 0. The second kappa shape index (κ2) is 6.72. The van der Waals surface area contributed by atoms with Gasteiger partial charge in [-0.1, -0.05) is 43.0 Å². The van der Waals surface area contributed by atoms with Gasteiger partial charge >= 0.3 is 0 Å². The number of H-pyrrole nitrogens is 1. The Morgan fingerprint density at radius 3 is 3.05 bits per heavy atom. The first-order valence-electron chi connectivity index (χ1n) is 6.69. The molecule has 102 valence electrons. The third-order valence-corrected chi connectivity index (χ3v) is 2.99. The van der Waals surface area contributed by atoms with E-state index in [-0.39, 0.29) is 5.83 Å². The Kier molecular flexibility index (Phi) is 4.73. The van der Waals surface area contributed by atoms with E-state index in [1.807, 2.05) is 19.1 Å². The van der Waals surface area contributed by atoms with Gasteiger partial charge in [-0.15, -0.1) is 0 Å². The predicted octanol–water partition coefficient (Wildman–Crippen LogP) is 4.64. The van der Waals surface area contributed by atoms with Gasteiger partial charge in [-0.05, 0) is 25.0 Å². The lowest BCUT2D eigenvalue weighted by Gasteiger charge is -2.08. The fourth-order valence-electron chi connectivity index (χ4n) is 1.87.